The van der Waals surface area contributed by atoms with Gasteiger partial charge in [-0.2, -0.15) is 0 Å². The first-order valence-corrected chi connectivity index (χ1v) is 15.9. The molecule has 3 aromatic carbocycles. The van der Waals surface area contributed by atoms with E-state index in [0.29, 0.717) is 45.7 Å². The number of aromatic nitrogens is 1. The number of pyridine rings is 1. The Kier molecular flexibility index (Phi) is 7.83. The molecular formula is C38H36F2N2O4. The minimum Gasteiger partial charge on any atom is -0.497 e. The number of carbonyl (C=O) groups excluding carboxylic acids is 2. The van der Waals surface area contributed by atoms with Gasteiger partial charge in [-0.25, -0.2) is 13.8 Å². The molecule has 0 atom stereocenters. The largest absolute Gasteiger partial charge is 0.497 e. The van der Waals surface area contributed by atoms with Crippen LogP contribution >= 0.6 is 0 Å². The highest BCUT2D eigenvalue weighted by molar-refractivity contribution is 6.00. The van der Waals surface area contributed by atoms with Gasteiger partial charge in [0.05, 0.1) is 49.8 Å². The lowest BCUT2D eigenvalue weighted by Gasteiger charge is -2.27. The first-order valence-electron chi connectivity index (χ1n) is 15.9. The summed E-state index contributed by atoms with van der Waals surface area (Å²) in [4.78, 5) is 33.5. The number of carbonyl (C=O) groups is 2. The third kappa shape index (κ3) is 5.65. The first kappa shape index (κ1) is 30.1. The van der Waals surface area contributed by atoms with E-state index in [-0.39, 0.29) is 42.0 Å². The molecule has 1 aromatic heterocycles. The fraction of sp³-hybridized carbons (Fsp3) is 0.342. The maximum Gasteiger partial charge on any atom is 0.256 e. The summed E-state index contributed by atoms with van der Waals surface area (Å²) < 4.78 is 40.7. The van der Waals surface area contributed by atoms with Crippen LogP contribution in [-0.2, 0) is 19.5 Å². The Labute approximate surface area is 267 Å². The number of nitrogens with zero attached hydrogens (tertiary/aromatic N) is 2. The smallest absolute Gasteiger partial charge is 0.256 e. The number of hydrogen-bond acceptors (Lipinski definition) is 5. The number of hydrogen-bond donors (Lipinski definition) is 0. The Bertz CT molecular complexity index is 1800. The number of benzene rings is 3. The van der Waals surface area contributed by atoms with E-state index in [1.165, 1.54) is 31.0 Å². The SMILES string of the molecule is COc1ccc(CN2Cc3nc(-c4c(F)cccc4F)cc(Cc4ccc(C(=O)C5CCC6(CC5)CC6)cc4)c3C2=O)c(OC)c1. The average molecular weight is 623 g/mol. The van der Waals surface area contributed by atoms with Crippen LogP contribution in [0.25, 0.3) is 11.3 Å². The minimum absolute atomic E-state index is 0.0756. The van der Waals surface area contributed by atoms with Crippen LogP contribution in [0.1, 0.15) is 81.6 Å². The lowest BCUT2D eigenvalue weighted by atomic mass is 9.77. The molecule has 46 heavy (non-hydrogen) atoms. The molecular weight excluding hydrogens is 586 g/mol. The van der Waals surface area contributed by atoms with Crippen molar-refractivity contribution >= 4 is 11.7 Å². The van der Waals surface area contributed by atoms with Crippen molar-refractivity contribution in [1.82, 2.24) is 9.88 Å². The third-order valence-electron chi connectivity index (χ3n) is 10.1. The van der Waals surface area contributed by atoms with Gasteiger partial charge in [0, 0.05) is 23.1 Å². The van der Waals surface area contributed by atoms with Crippen LogP contribution in [0, 0.1) is 23.0 Å². The van der Waals surface area contributed by atoms with Crippen molar-refractivity contribution in [2.24, 2.45) is 11.3 Å². The zero-order valence-corrected chi connectivity index (χ0v) is 26.1. The predicted molar refractivity (Wildman–Crippen MR) is 170 cm³/mol. The van der Waals surface area contributed by atoms with Crippen molar-refractivity contribution in [2.75, 3.05) is 14.2 Å². The van der Waals surface area contributed by atoms with Gasteiger partial charge in [-0.1, -0.05) is 30.3 Å². The van der Waals surface area contributed by atoms with Crippen molar-refractivity contribution in [3.63, 3.8) is 0 Å². The Balaban J connectivity index is 1.18. The van der Waals surface area contributed by atoms with E-state index in [1.807, 2.05) is 30.3 Å². The highest BCUT2D eigenvalue weighted by atomic mass is 19.1. The molecule has 1 spiro atoms. The van der Waals surface area contributed by atoms with Crippen LogP contribution in [0.4, 0.5) is 8.78 Å². The van der Waals surface area contributed by atoms with E-state index in [4.69, 9.17) is 9.47 Å². The zero-order valence-electron chi connectivity index (χ0n) is 26.1. The van der Waals surface area contributed by atoms with Crippen molar-refractivity contribution in [1.29, 1.82) is 0 Å². The number of ether oxygens (including phenoxy) is 2. The van der Waals surface area contributed by atoms with Gasteiger partial charge < -0.3 is 14.4 Å². The van der Waals surface area contributed by atoms with Gasteiger partial charge in [0.2, 0.25) is 0 Å². The molecule has 4 aromatic rings. The van der Waals surface area contributed by atoms with Crippen LogP contribution in [-0.4, -0.2) is 35.8 Å². The molecule has 2 saturated carbocycles. The molecule has 6 nitrogen and oxygen atoms in total. The number of Topliss-reactive ketones (excluding diaryl/α,β-unsaturated/α-hetero) is 1. The summed E-state index contributed by atoms with van der Waals surface area (Å²) in [6.07, 6.45) is 7.16. The third-order valence-corrected chi connectivity index (χ3v) is 10.1. The zero-order chi connectivity index (χ0) is 32.0. The second kappa shape index (κ2) is 12.0. The van der Waals surface area contributed by atoms with E-state index < -0.39 is 11.6 Å². The van der Waals surface area contributed by atoms with Crippen molar-refractivity contribution in [3.05, 3.63) is 112 Å². The summed E-state index contributed by atoms with van der Waals surface area (Å²) >= 11 is 0. The van der Waals surface area contributed by atoms with E-state index >= 15 is 0 Å². The number of rotatable bonds is 9. The summed E-state index contributed by atoms with van der Waals surface area (Å²) in [7, 11) is 3.13. The Hall–Kier alpha value is -4.59. The molecule has 0 saturated heterocycles. The summed E-state index contributed by atoms with van der Waals surface area (Å²) in [5.74, 6) is -0.166. The van der Waals surface area contributed by atoms with E-state index in [9.17, 15) is 18.4 Å². The molecule has 2 aliphatic carbocycles. The number of amides is 1. The molecule has 8 heteroatoms. The Morgan fingerprint density at radius 2 is 1.61 bits per heavy atom. The highest BCUT2D eigenvalue weighted by Crippen LogP contribution is 2.57. The summed E-state index contributed by atoms with van der Waals surface area (Å²) in [6, 6.07) is 18.3. The number of ketones is 1. The van der Waals surface area contributed by atoms with Gasteiger partial charge in [-0.05, 0) is 91.8 Å². The van der Waals surface area contributed by atoms with Crippen molar-refractivity contribution in [3.8, 4) is 22.8 Å². The van der Waals surface area contributed by atoms with E-state index in [2.05, 4.69) is 4.98 Å². The Morgan fingerprint density at radius 3 is 2.26 bits per heavy atom. The van der Waals surface area contributed by atoms with Crippen LogP contribution in [0.2, 0.25) is 0 Å². The summed E-state index contributed by atoms with van der Waals surface area (Å²) in [5, 5.41) is 0. The van der Waals surface area contributed by atoms with Gasteiger partial charge in [0.15, 0.2) is 5.78 Å². The summed E-state index contributed by atoms with van der Waals surface area (Å²) in [6.45, 7) is 0.431. The summed E-state index contributed by atoms with van der Waals surface area (Å²) in [5.41, 5.74) is 4.33. The van der Waals surface area contributed by atoms with Crippen LogP contribution in [0.15, 0.2) is 66.7 Å². The fourth-order valence-electron chi connectivity index (χ4n) is 7.18. The van der Waals surface area contributed by atoms with Gasteiger partial charge in [0.25, 0.3) is 5.91 Å². The van der Waals surface area contributed by atoms with Crippen molar-refractivity contribution < 1.29 is 27.8 Å². The van der Waals surface area contributed by atoms with Crippen LogP contribution in [0.5, 0.6) is 11.5 Å². The molecule has 7 rings (SSSR count). The molecule has 2 heterocycles. The van der Waals surface area contributed by atoms with E-state index in [1.54, 1.807) is 37.3 Å². The topological polar surface area (TPSA) is 68.7 Å². The number of fused-ring (bicyclic) bond motifs is 1. The van der Waals surface area contributed by atoms with Gasteiger partial charge in [0.1, 0.15) is 23.1 Å². The van der Waals surface area contributed by atoms with Gasteiger partial charge >= 0.3 is 0 Å². The first-order chi connectivity index (χ1) is 22.3. The minimum atomic E-state index is -0.722. The standard InChI is InChI=1S/C38H36F2N2O4/c1-45-28-11-10-26(33(20-28)46-2)21-42-22-32-34(37(42)44)27(19-31(41-32)35-29(39)4-3-5-30(35)40)18-23-6-8-24(9-7-23)36(43)25-12-14-38(15-13-25)16-17-38/h3-11,19-20,25H,12-18,21-22H2,1-2H3. The van der Waals surface area contributed by atoms with Gasteiger partial charge in [-0.15, -0.1) is 0 Å². The second-order valence-corrected chi connectivity index (χ2v) is 12.9. The second-order valence-electron chi connectivity index (χ2n) is 12.9. The molecule has 0 N–H and O–H groups in total. The van der Waals surface area contributed by atoms with Gasteiger partial charge in [-0.3, -0.25) is 9.59 Å². The van der Waals surface area contributed by atoms with E-state index in [0.717, 1.165) is 36.8 Å². The molecule has 1 aliphatic heterocycles. The molecule has 3 aliphatic rings. The maximum atomic E-state index is 14.9. The molecule has 2 fully saturated rings. The normalized spacial score (nSPS) is 16.9. The molecule has 236 valence electrons. The maximum absolute atomic E-state index is 14.9. The predicted octanol–water partition coefficient (Wildman–Crippen LogP) is 7.94. The van der Waals surface area contributed by atoms with Crippen LogP contribution < -0.4 is 9.47 Å². The fourth-order valence-corrected chi connectivity index (χ4v) is 7.18. The Morgan fingerprint density at radius 1 is 0.891 bits per heavy atom. The van der Waals surface area contributed by atoms with Crippen molar-refractivity contribution in [2.45, 2.75) is 58.0 Å². The lowest BCUT2D eigenvalue weighted by Crippen LogP contribution is -2.24. The monoisotopic (exact) mass is 622 g/mol. The molecule has 0 bridgehead atoms. The average Bonchev–Trinajstić information content (AvgIpc) is 3.74. The molecule has 0 radical (unpaired) electrons. The molecule has 1 amide bonds. The number of methoxy groups -OCH3 is 2. The highest BCUT2D eigenvalue weighted by Gasteiger charge is 2.45. The lowest BCUT2D eigenvalue weighted by molar-refractivity contribution is 0.0764. The van der Waals surface area contributed by atoms with Crippen LogP contribution in [0.3, 0.4) is 0 Å². The molecule has 0 unspecified atom stereocenters. The number of halogens is 2. The quantitative estimate of drug-likeness (QED) is 0.177.